The van der Waals surface area contributed by atoms with E-state index in [-0.39, 0.29) is 5.91 Å². The fourth-order valence-electron chi connectivity index (χ4n) is 1.31. The van der Waals surface area contributed by atoms with Crippen LogP contribution in [0.1, 0.15) is 19.8 Å². The summed E-state index contributed by atoms with van der Waals surface area (Å²) in [5.74, 6) is 0.0573. The minimum absolute atomic E-state index is 0.0573. The summed E-state index contributed by atoms with van der Waals surface area (Å²) < 4.78 is 4.98. The number of nitrogens with zero attached hydrogens (tertiary/aromatic N) is 2. The second kappa shape index (κ2) is 10.4. The molecule has 0 saturated carbocycles. The SMILES string of the molecule is CCNC(=O)CCN(CCC#N)CCOC. The molecule has 0 aromatic carbocycles. The molecule has 1 N–H and O–H groups in total. The van der Waals surface area contributed by atoms with Crippen LogP contribution >= 0.6 is 0 Å². The second-order valence-electron chi connectivity index (χ2n) is 3.45. The molecule has 0 aliphatic heterocycles. The Labute approximate surface area is 97.4 Å². The van der Waals surface area contributed by atoms with Crippen LogP contribution in [0.2, 0.25) is 0 Å². The van der Waals surface area contributed by atoms with Gasteiger partial charge in [0, 0.05) is 46.1 Å². The molecule has 0 aromatic rings. The van der Waals surface area contributed by atoms with Gasteiger partial charge in [-0.15, -0.1) is 0 Å². The smallest absolute Gasteiger partial charge is 0.221 e. The van der Waals surface area contributed by atoms with Gasteiger partial charge in [-0.3, -0.25) is 9.69 Å². The van der Waals surface area contributed by atoms with Crippen LogP contribution in [-0.2, 0) is 9.53 Å². The van der Waals surface area contributed by atoms with Crippen molar-refractivity contribution in [3.8, 4) is 6.07 Å². The largest absolute Gasteiger partial charge is 0.383 e. The highest BCUT2D eigenvalue weighted by molar-refractivity contribution is 5.75. The van der Waals surface area contributed by atoms with Gasteiger partial charge >= 0.3 is 0 Å². The summed E-state index contributed by atoms with van der Waals surface area (Å²) in [6.07, 6.45) is 0.960. The van der Waals surface area contributed by atoms with Crippen molar-refractivity contribution >= 4 is 5.91 Å². The van der Waals surface area contributed by atoms with Gasteiger partial charge in [-0.25, -0.2) is 0 Å². The molecule has 92 valence electrons. The van der Waals surface area contributed by atoms with E-state index in [2.05, 4.69) is 16.3 Å². The number of nitriles is 1. The molecule has 0 spiro atoms. The summed E-state index contributed by atoms with van der Waals surface area (Å²) in [7, 11) is 1.65. The summed E-state index contributed by atoms with van der Waals surface area (Å²) in [5.41, 5.74) is 0. The molecule has 5 heteroatoms. The Morgan fingerprint density at radius 2 is 2.19 bits per heavy atom. The van der Waals surface area contributed by atoms with Crippen LogP contribution in [-0.4, -0.2) is 50.7 Å². The summed E-state index contributed by atoms with van der Waals surface area (Å²) in [5, 5.41) is 11.3. The lowest BCUT2D eigenvalue weighted by molar-refractivity contribution is -0.121. The predicted molar refractivity (Wildman–Crippen MR) is 61.8 cm³/mol. The third-order valence-electron chi connectivity index (χ3n) is 2.18. The molecule has 5 nitrogen and oxygen atoms in total. The predicted octanol–water partition coefficient (Wildman–Crippen LogP) is 0.375. The van der Waals surface area contributed by atoms with Crippen molar-refractivity contribution < 1.29 is 9.53 Å². The van der Waals surface area contributed by atoms with Crippen LogP contribution in [0, 0.1) is 11.3 Å². The van der Waals surface area contributed by atoms with E-state index in [4.69, 9.17) is 10.00 Å². The first-order chi connectivity index (χ1) is 7.74. The van der Waals surface area contributed by atoms with Crippen molar-refractivity contribution in [1.82, 2.24) is 10.2 Å². The topological polar surface area (TPSA) is 65.4 Å². The molecule has 0 aliphatic carbocycles. The second-order valence-corrected chi connectivity index (χ2v) is 3.45. The van der Waals surface area contributed by atoms with E-state index in [9.17, 15) is 4.79 Å². The number of hydrogen-bond donors (Lipinski definition) is 1. The van der Waals surface area contributed by atoms with E-state index in [0.717, 1.165) is 6.54 Å². The van der Waals surface area contributed by atoms with E-state index in [1.165, 1.54) is 0 Å². The number of amides is 1. The summed E-state index contributed by atoms with van der Waals surface area (Å²) >= 11 is 0. The summed E-state index contributed by atoms with van der Waals surface area (Å²) in [4.78, 5) is 13.3. The van der Waals surface area contributed by atoms with E-state index >= 15 is 0 Å². The molecule has 0 unspecified atom stereocenters. The number of hydrogen-bond acceptors (Lipinski definition) is 4. The van der Waals surface area contributed by atoms with E-state index < -0.39 is 0 Å². The zero-order chi connectivity index (χ0) is 12.2. The number of rotatable bonds is 9. The third-order valence-corrected chi connectivity index (χ3v) is 2.18. The Balaban J connectivity index is 3.81. The van der Waals surface area contributed by atoms with Gasteiger partial charge in [0.2, 0.25) is 5.91 Å². The third kappa shape index (κ3) is 8.21. The number of methoxy groups -OCH3 is 1. The van der Waals surface area contributed by atoms with Crippen molar-refractivity contribution in [2.45, 2.75) is 19.8 Å². The quantitative estimate of drug-likeness (QED) is 0.618. The Morgan fingerprint density at radius 1 is 1.44 bits per heavy atom. The van der Waals surface area contributed by atoms with Gasteiger partial charge < -0.3 is 10.1 Å². The highest BCUT2D eigenvalue weighted by Gasteiger charge is 2.07. The van der Waals surface area contributed by atoms with E-state index in [1.807, 2.05) is 6.92 Å². The summed E-state index contributed by atoms with van der Waals surface area (Å²) in [6.45, 7) is 5.32. The molecule has 0 atom stereocenters. The van der Waals surface area contributed by atoms with Crippen molar-refractivity contribution in [1.29, 1.82) is 5.26 Å². The molecule has 0 fully saturated rings. The minimum Gasteiger partial charge on any atom is -0.383 e. The molecule has 0 bridgehead atoms. The monoisotopic (exact) mass is 227 g/mol. The highest BCUT2D eigenvalue weighted by Crippen LogP contribution is 1.94. The normalized spacial score (nSPS) is 10.1. The van der Waals surface area contributed by atoms with Gasteiger partial charge in [-0.2, -0.15) is 5.26 Å². The zero-order valence-corrected chi connectivity index (χ0v) is 10.2. The molecular formula is C11H21N3O2. The lowest BCUT2D eigenvalue weighted by Crippen LogP contribution is -2.33. The van der Waals surface area contributed by atoms with Gasteiger partial charge in [-0.05, 0) is 6.92 Å². The first kappa shape index (κ1) is 14.9. The Kier molecular flexibility index (Phi) is 9.67. The molecule has 1 amide bonds. The molecule has 0 saturated heterocycles. The van der Waals surface area contributed by atoms with Crippen molar-refractivity contribution in [3.63, 3.8) is 0 Å². The fourth-order valence-corrected chi connectivity index (χ4v) is 1.31. The maximum absolute atomic E-state index is 11.3. The highest BCUT2D eigenvalue weighted by atomic mass is 16.5. The number of carbonyl (C=O) groups excluding carboxylic acids is 1. The average molecular weight is 227 g/mol. The standard InChI is InChI=1S/C11H21N3O2/c1-3-13-11(15)5-8-14(7-4-6-12)9-10-16-2/h3-5,7-10H2,1-2H3,(H,13,15). The van der Waals surface area contributed by atoms with Crippen LogP contribution in [0.5, 0.6) is 0 Å². The fraction of sp³-hybridized carbons (Fsp3) is 0.818. The first-order valence-corrected chi connectivity index (χ1v) is 5.59. The molecule has 16 heavy (non-hydrogen) atoms. The molecular weight excluding hydrogens is 206 g/mol. The van der Waals surface area contributed by atoms with Crippen LogP contribution in [0.25, 0.3) is 0 Å². The lowest BCUT2D eigenvalue weighted by Gasteiger charge is -2.20. The maximum atomic E-state index is 11.3. The molecule has 0 radical (unpaired) electrons. The van der Waals surface area contributed by atoms with Gasteiger partial charge in [0.15, 0.2) is 0 Å². The van der Waals surface area contributed by atoms with Crippen LogP contribution in [0.3, 0.4) is 0 Å². The van der Waals surface area contributed by atoms with Gasteiger partial charge in [0.25, 0.3) is 0 Å². The van der Waals surface area contributed by atoms with E-state index in [1.54, 1.807) is 7.11 Å². The lowest BCUT2D eigenvalue weighted by atomic mass is 10.3. The Bertz CT molecular complexity index is 226. The van der Waals surface area contributed by atoms with Crippen LogP contribution in [0.4, 0.5) is 0 Å². The minimum atomic E-state index is 0.0573. The zero-order valence-electron chi connectivity index (χ0n) is 10.2. The number of carbonyl (C=O) groups is 1. The van der Waals surface area contributed by atoms with Crippen molar-refractivity contribution in [2.75, 3.05) is 39.9 Å². The Hall–Kier alpha value is -1.12. The number of ether oxygens (including phenoxy) is 1. The summed E-state index contributed by atoms with van der Waals surface area (Å²) in [6, 6.07) is 2.10. The van der Waals surface area contributed by atoms with Crippen molar-refractivity contribution in [3.05, 3.63) is 0 Å². The molecule has 0 aromatic heterocycles. The molecule has 0 aliphatic rings. The van der Waals surface area contributed by atoms with Gasteiger partial charge in [-0.1, -0.05) is 0 Å². The van der Waals surface area contributed by atoms with Crippen LogP contribution in [0.15, 0.2) is 0 Å². The van der Waals surface area contributed by atoms with Gasteiger partial charge in [0.05, 0.1) is 12.7 Å². The number of nitrogens with one attached hydrogen (secondary N) is 1. The average Bonchev–Trinajstić information content (AvgIpc) is 2.28. The Morgan fingerprint density at radius 3 is 2.75 bits per heavy atom. The molecule has 0 rings (SSSR count). The maximum Gasteiger partial charge on any atom is 0.221 e. The van der Waals surface area contributed by atoms with Gasteiger partial charge in [0.1, 0.15) is 0 Å². The first-order valence-electron chi connectivity index (χ1n) is 5.59. The van der Waals surface area contributed by atoms with E-state index in [0.29, 0.717) is 39.1 Å². The molecule has 0 heterocycles. The van der Waals surface area contributed by atoms with Crippen LogP contribution < -0.4 is 5.32 Å². The van der Waals surface area contributed by atoms with Crippen molar-refractivity contribution in [2.24, 2.45) is 0 Å².